The number of amides is 1. The SMILES string of the molecule is CC(C)(C)OC(=O)N1CCCC2(C1)OCCNC2C1CCC1. The van der Waals surface area contributed by atoms with Crippen LogP contribution in [-0.4, -0.2) is 54.5 Å². The molecular weight excluding hydrogens is 280 g/mol. The third kappa shape index (κ3) is 3.25. The highest BCUT2D eigenvalue weighted by molar-refractivity contribution is 5.68. The third-order valence-electron chi connectivity index (χ3n) is 5.18. The smallest absolute Gasteiger partial charge is 0.410 e. The van der Waals surface area contributed by atoms with Crippen molar-refractivity contribution in [3.8, 4) is 0 Å². The van der Waals surface area contributed by atoms with E-state index in [1.54, 1.807) is 0 Å². The first-order valence-corrected chi connectivity index (χ1v) is 8.75. The van der Waals surface area contributed by atoms with Crippen molar-refractivity contribution in [3.05, 3.63) is 0 Å². The number of rotatable bonds is 1. The Labute approximate surface area is 133 Å². The summed E-state index contributed by atoms with van der Waals surface area (Å²) in [5.74, 6) is 0.707. The van der Waals surface area contributed by atoms with Crippen molar-refractivity contribution < 1.29 is 14.3 Å². The summed E-state index contributed by atoms with van der Waals surface area (Å²) in [6.07, 6.45) is 5.73. The van der Waals surface area contributed by atoms with Gasteiger partial charge in [-0.25, -0.2) is 4.79 Å². The van der Waals surface area contributed by atoms with E-state index in [-0.39, 0.29) is 11.7 Å². The van der Waals surface area contributed by atoms with Crippen molar-refractivity contribution in [2.75, 3.05) is 26.2 Å². The number of likely N-dealkylation sites (tertiary alicyclic amines) is 1. The summed E-state index contributed by atoms with van der Waals surface area (Å²) in [5.41, 5.74) is -0.654. The summed E-state index contributed by atoms with van der Waals surface area (Å²) in [5, 5.41) is 3.69. The lowest BCUT2D eigenvalue weighted by atomic mass is 9.70. The number of piperidine rings is 1. The Morgan fingerprint density at radius 3 is 2.73 bits per heavy atom. The van der Waals surface area contributed by atoms with Crippen molar-refractivity contribution in [2.45, 2.75) is 70.1 Å². The van der Waals surface area contributed by atoms with Gasteiger partial charge in [-0.1, -0.05) is 6.42 Å². The minimum atomic E-state index is -0.444. The standard InChI is InChI=1S/C17H30N2O3/c1-16(2,3)22-15(20)19-10-5-8-17(12-19)14(13-6-4-7-13)18-9-11-21-17/h13-14,18H,4-12H2,1-3H3. The van der Waals surface area contributed by atoms with Gasteiger partial charge in [0.15, 0.2) is 0 Å². The molecule has 2 atom stereocenters. The van der Waals surface area contributed by atoms with Crippen LogP contribution >= 0.6 is 0 Å². The van der Waals surface area contributed by atoms with Gasteiger partial charge in [-0.15, -0.1) is 0 Å². The predicted molar refractivity (Wildman–Crippen MR) is 84.9 cm³/mol. The Morgan fingerprint density at radius 1 is 1.32 bits per heavy atom. The fourth-order valence-electron chi connectivity index (χ4n) is 4.02. The van der Waals surface area contributed by atoms with E-state index in [2.05, 4.69) is 5.32 Å². The van der Waals surface area contributed by atoms with E-state index in [1.807, 2.05) is 25.7 Å². The normalized spacial score (nSPS) is 33.6. The van der Waals surface area contributed by atoms with Crippen LogP contribution in [0.3, 0.4) is 0 Å². The Kier molecular flexibility index (Phi) is 4.38. The first kappa shape index (κ1) is 16.1. The molecule has 2 unspecified atom stereocenters. The quantitative estimate of drug-likeness (QED) is 0.808. The van der Waals surface area contributed by atoms with Gasteiger partial charge in [-0.05, 0) is 52.4 Å². The second-order valence-electron chi connectivity index (χ2n) is 8.04. The molecule has 3 rings (SSSR count). The summed E-state index contributed by atoms with van der Waals surface area (Å²) >= 11 is 0. The molecule has 3 fully saturated rings. The molecule has 2 saturated heterocycles. The van der Waals surface area contributed by atoms with Crippen LogP contribution in [0.25, 0.3) is 0 Å². The lowest BCUT2D eigenvalue weighted by molar-refractivity contribution is -0.148. The van der Waals surface area contributed by atoms with Crippen molar-refractivity contribution in [2.24, 2.45) is 5.92 Å². The van der Waals surface area contributed by atoms with Gasteiger partial charge >= 0.3 is 6.09 Å². The average molecular weight is 310 g/mol. The van der Waals surface area contributed by atoms with Crippen LogP contribution in [-0.2, 0) is 9.47 Å². The number of hydrogen-bond donors (Lipinski definition) is 1. The Hall–Kier alpha value is -0.810. The summed E-state index contributed by atoms with van der Waals surface area (Å²) in [6, 6.07) is 0.389. The van der Waals surface area contributed by atoms with Crippen LogP contribution in [0.4, 0.5) is 4.79 Å². The molecule has 0 aromatic carbocycles. The molecule has 3 aliphatic rings. The van der Waals surface area contributed by atoms with Gasteiger partial charge < -0.3 is 19.7 Å². The van der Waals surface area contributed by atoms with Crippen LogP contribution in [0, 0.1) is 5.92 Å². The molecule has 1 saturated carbocycles. The molecule has 1 N–H and O–H groups in total. The van der Waals surface area contributed by atoms with E-state index in [0.717, 1.165) is 32.5 Å². The van der Waals surface area contributed by atoms with E-state index < -0.39 is 5.60 Å². The maximum absolute atomic E-state index is 12.4. The van der Waals surface area contributed by atoms with Crippen molar-refractivity contribution in [1.82, 2.24) is 10.2 Å². The molecule has 22 heavy (non-hydrogen) atoms. The highest BCUT2D eigenvalue weighted by atomic mass is 16.6. The molecule has 126 valence electrons. The van der Waals surface area contributed by atoms with Crippen LogP contribution in [0.1, 0.15) is 52.9 Å². The molecule has 1 spiro atoms. The van der Waals surface area contributed by atoms with Crippen molar-refractivity contribution in [3.63, 3.8) is 0 Å². The molecule has 1 amide bonds. The Morgan fingerprint density at radius 2 is 2.09 bits per heavy atom. The molecule has 0 aromatic heterocycles. The van der Waals surface area contributed by atoms with Gasteiger partial charge in [-0.2, -0.15) is 0 Å². The van der Waals surface area contributed by atoms with Gasteiger partial charge in [0.2, 0.25) is 0 Å². The van der Waals surface area contributed by atoms with Crippen LogP contribution in [0.2, 0.25) is 0 Å². The van der Waals surface area contributed by atoms with Crippen molar-refractivity contribution >= 4 is 6.09 Å². The van der Waals surface area contributed by atoms with E-state index in [4.69, 9.17) is 9.47 Å². The number of nitrogens with zero attached hydrogens (tertiary/aromatic N) is 1. The molecule has 0 radical (unpaired) electrons. The van der Waals surface area contributed by atoms with Gasteiger partial charge in [0.1, 0.15) is 11.2 Å². The average Bonchev–Trinajstić information content (AvgIpc) is 2.38. The molecule has 2 aliphatic heterocycles. The second kappa shape index (κ2) is 6.00. The number of carbonyl (C=O) groups is 1. The number of carbonyl (C=O) groups excluding carboxylic acids is 1. The monoisotopic (exact) mass is 310 g/mol. The summed E-state index contributed by atoms with van der Waals surface area (Å²) < 4.78 is 11.8. The van der Waals surface area contributed by atoms with E-state index in [0.29, 0.717) is 18.5 Å². The zero-order chi connectivity index (χ0) is 15.8. The molecule has 0 bridgehead atoms. The molecule has 1 aliphatic carbocycles. The van der Waals surface area contributed by atoms with Gasteiger partial charge in [0, 0.05) is 19.1 Å². The summed E-state index contributed by atoms with van der Waals surface area (Å²) in [4.78, 5) is 14.3. The first-order chi connectivity index (χ1) is 10.4. The van der Waals surface area contributed by atoms with E-state index in [1.165, 1.54) is 19.3 Å². The Bertz CT molecular complexity index is 413. The van der Waals surface area contributed by atoms with Crippen LogP contribution in [0.5, 0.6) is 0 Å². The number of ether oxygens (including phenoxy) is 2. The molecular formula is C17H30N2O3. The van der Waals surface area contributed by atoms with Crippen LogP contribution < -0.4 is 5.32 Å². The maximum atomic E-state index is 12.4. The molecule has 5 heteroatoms. The number of hydrogen-bond acceptors (Lipinski definition) is 4. The molecule has 2 heterocycles. The minimum Gasteiger partial charge on any atom is -0.444 e. The Balaban J connectivity index is 1.71. The highest BCUT2D eigenvalue weighted by Crippen LogP contribution is 2.41. The maximum Gasteiger partial charge on any atom is 0.410 e. The lowest BCUT2D eigenvalue weighted by Gasteiger charge is -2.53. The van der Waals surface area contributed by atoms with Crippen LogP contribution in [0.15, 0.2) is 0 Å². The van der Waals surface area contributed by atoms with Gasteiger partial charge in [0.05, 0.1) is 13.2 Å². The lowest BCUT2D eigenvalue weighted by Crippen LogP contribution is -2.68. The minimum absolute atomic E-state index is 0.201. The zero-order valence-electron chi connectivity index (χ0n) is 14.2. The van der Waals surface area contributed by atoms with E-state index >= 15 is 0 Å². The fourth-order valence-corrected chi connectivity index (χ4v) is 4.02. The summed E-state index contributed by atoms with van der Waals surface area (Å²) in [7, 11) is 0. The second-order valence-corrected chi connectivity index (χ2v) is 8.04. The largest absolute Gasteiger partial charge is 0.444 e. The molecule has 0 aromatic rings. The predicted octanol–water partition coefficient (Wildman–Crippen LogP) is 2.54. The molecule has 5 nitrogen and oxygen atoms in total. The highest BCUT2D eigenvalue weighted by Gasteiger charge is 2.50. The van der Waals surface area contributed by atoms with E-state index in [9.17, 15) is 4.79 Å². The third-order valence-corrected chi connectivity index (χ3v) is 5.18. The number of nitrogens with one attached hydrogen (secondary N) is 1. The van der Waals surface area contributed by atoms with Gasteiger partial charge in [0.25, 0.3) is 0 Å². The topological polar surface area (TPSA) is 50.8 Å². The fraction of sp³-hybridized carbons (Fsp3) is 0.941. The number of morpholine rings is 1. The van der Waals surface area contributed by atoms with Gasteiger partial charge in [-0.3, -0.25) is 0 Å². The summed E-state index contributed by atoms with van der Waals surface area (Å²) in [6.45, 7) is 8.86. The zero-order valence-corrected chi connectivity index (χ0v) is 14.2. The first-order valence-electron chi connectivity index (χ1n) is 8.75. The van der Waals surface area contributed by atoms with Crippen molar-refractivity contribution in [1.29, 1.82) is 0 Å².